The van der Waals surface area contributed by atoms with Crippen LogP contribution in [0.1, 0.15) is 16.2 Å². The number of hydrogen-bond donors (Lipinski definition) is 0. The monoisotopic (exact) mass is 372 g/mol. The van der Waals surface area contributed by atoms with Crippen LogP contribution < -0.4 is 0 Å². The number of carbonyl (C=O) groups excluding carboxylic acids is 1. The zero-order valence-corrected chi connectivity index (χ0v) is 13.6. The van der Waals surface area contributed by atoms with Gasteiger partial charge in [0, 0.05) is 10.9 Å². The first-order chi connectivity index (χ1) is 11.0. The largest absolute Gasteiger partial charge is 0.452 e. The molecule has 2 aromatic heterocycles. The quantitative estimate of drug-likeness (QED) is 0.494. The number of ether oxygens (including phenoxy) is 1. The van der Waals surface area contributed by atoms with Crippen LogP contribution in [0.3, 0.4) is 0 Å². The second-order valence-corrected chi connectivity index (χ2v) is 5.94. The van der Waals surface area contributed by atoms with E-state index in [0.29, 0.717) is 5.82 Å². The molecule has 9 heteroatoms. The number of aromatic nitrogens is 2. The molecule has 3 rings (SSSR count). The summed E-state index contributed by atoms with van der Waals surface area (Å²) in [5.41, 5.74) is 0.672. The van der Waals surface area contributed by atoms with Crippen LogP contribution >= 0.6 is 34.5 Å². The normalized spacial score (nSPS) is 10.7. The van der Waals surface area contributed by atoms with Crippen molar-refractivity contribution in [3.8, 4) is 11.4 Å². The van der Waals surface area contributed by atoms with E-state index >= 15 is 0 Å². The van der Waals surface area contributed by atoms with Crippen LogP contribution in [-0.2, 0) is 11.3 Å². The van der Waals surface area contributed by atoms with E-state index in [4.69, 9.17) is 32.5 Å². The van der Waals surface area contributed by atoms with Crippen molar-refractivity contribution in [1.29, 1.82) is 0 Å². The number of halogens is 3. The van der Waals surface area contributed by atoms with Crippen LogP contribution in [0.2, 0.25) is 10.0 Å². The Kier molecular flexibility index (Phi) is 4.61. The molecule has 0 spiro atoms. The maximum absolute atomic E-state index is 13.4. The van der Waals surface area contributed by atoms with Gasteiger partial charge < -0.3 is 9.26 Å². The molecule has 0 unspecified atom stereocenters. The van der Waals surface area contributed by atoms with Gasteiger partial charge in [-0.25, -0.2) is 9.18 Å². The first-order valence-electron chi connectivity index (χ1n) is 6.21. The molecule has 0 N–H and O–H groups in total. The summed E-state index contributed by atoms with van der Waals surface area (Å²) in [6, 6.07) is 3.88. The van der Waals surface area contributed by atoms with Gasteiger partial charge in [0.05, 0.1) is 15.6 Å². The molecule has 0 amide bonds. The lowest BCUT2D eigenvalue weighted by Crippen LogP contribution is -2.07. The van der Waals surface area contributed by atoms with Gasteiger partial charge in [-0.3, -0.25) is 0 Å². The molecule has 0 aliphatic carbocycles. The number of esters is 1. The third kappa shape index (κ3) is 3.52. The summed E-state index contributed by atoms with van der Waals surface area (Å²) in [4.78, 5) is 16.0. The van der Waals surface area contributed by atoms with E-state index < -0.39 is 11.8 Å². The summed E-state index contributed by atoms with van der Waals surface area (Å²) in [7, 11) is 0. The molecule has 0 bridgehead atoms. The Hall–Kier alpha value is -1.96. The summed E-state index contributed by atoms with van der Waals surface area (Å²) in [6.45, 7) is -0.253. The second-order valence-electron chi connectivity index (χ2n) is 4.35. The van der Waals surface area contributed by atoms with Gasteiger partial charge in [-0.2, -0.15) is 16.3 Å². The molecule has 0 saturated heterocycles. The van der Waals surface area contributed by atoms with Crippen LogP contribution in [0, 0.1) is 5.82 Å². The number of nitrogens with zero attached hydrogens (tertiary/aromatic N) is 2. The fourth-order valence-electron chi connectivity index (χ4n) is 1.71. The average molecular weight is 373 g/mol. The minimum atomic E-state index is -0.819. The van der Waals surface area contributed by atoms with Gasteiger partial charge in [-0.15, -0.1) is 0 Å². The summed E-state index contributed by atoms with van der Waals surface area (Å²) in [6.07, 6.45) is 0. The van der Waals surface area contributed by atoms with E-state index in [0.717, 1.165) is 17.7 Å². The van der Waals surface area contributed by atoms with Crippen molar-refractivity contribution >= 4 is 40.5 Å². The van der Waals surface area contributed by atoms with E-state index in [2.05, 4.69) is 10.1 Å². The zero-order chi connectivity index (χ0) is 16.4. The molecule has 0 aliphatic heterocycles. The van der Waals surface area contributed by atoms with Crippen molar-refractivity contribution < 1.29 is 18.4 Å². The summed E-state index contributed by atoms with van der Waals surface area (Å²) < 4.78 is 23.4. The molecule has 3 aromatic rings. The molecule has 23 heavy (non-hydrogen) atoms. The Morgan fingerprint density at radius 1 is 1.35 bits per heavy atom. The lowest BCUT2D eigenvalue weighted by atomic mass is 10.2. The lowest BCUT2D eigenvalue weighted by Gasteiger charge is -2.05. The Morgan fingerprint density at radius 2 is 2.17 bits per heavy atom. The molecule has 1 aromatic carbocycles. The first-order valence-corrected chi connectivity index (χ1v) is 7.91. The SMILES string of the molecule is O=C(OCc1nc(-c2ccsc2)no1)c1cc(F)c(Cl)cc1Cl. The van der Waals surface area contributed by atoms with Crippen LogP contribution in [0.25, 0.3) is 11.4 Å². The van der Waals surface area contributed by atoms with Gasteiger partial charge >= 0.3 is 5.97 Å². The molecule has 0 fully saturated rings. The fourth-order valence-corrected chi connectivity index (χ4v) is 2.80. The highest BCUT2D eigenvalue weighted by molar-refractivity contribution is 7.08. The predicted molar refractivity (Wildman–Crippen MR) is 83.2 cm³/mol. The first kappa shape index (κ1) is 15.9. The molecule has 0 aliphatic rings. The van der Waals surface area contributed by atoms with Gasteiger partial charge in [-0.1, -0.05) is 28.4 Å². The average Bonchev–Trinajstić information content (AvgIpc) is 3.19. The van der Waals surface area contributed by atoms with Crippen molar-refractivity contribution in [2.45, 2.75) is 6.61 Å². The lowest BCUT2D eigenvalue weighted by molar-refractivity contribution is 0.0429. The molecular formula is C14H7Cl2FN2O3S. The van der Waals surface area contributed by atoms with Crippen LogP contribution in [0.5, 0.6) is 0 Å². The van der Waals surface area contributed by atoms with Gasteiger partial charge in [0.2, 0.25) is 5.82 Å². The van der Waals surface area contributed by atoms with E-state index in [1.807, 2.05) is 16.8 Å². The number of carbonyl (C=O) groups is 1. The van der Waals surface area contributed by atoms with Gasteiger partial charge in [0.25, 0.3) is 5.89 Å². The van der Waals surface area contributed by atoms with E-state index in [1.165, 1.54) is 11.3 Å². The maximum Gasteiger partial charge on any atom is 0.340 e. The minimum Gasteiger partial charge on any atom is -0.452 e. The Bertz CT molecular complexity index is 852. The smallest absolute Gasteiger partial charge is 0.340 e. The third-order valence-electron chi connectivity index (χ3n) is 2.80. The molecule has 0 saturated carbocycles. The highest BCUT2D eigenvalue weighted by Crippen LogP contribution is 2.25. The van der Waals surface area contributed by atoms with Gasteiger partial charge in [0.15, 0.2) is 6.61 Å². The minimum absolute atomic E-state index is 0.00843. The Labute approximate surface area is 143 Å². The van der Waals surface area contributed by atoms with Crippen molar-refractivity contribution in [1.82, 2.24) is 10.1 Å². The zero-order valence-electron chi connectivity index (χ0n) is 11.3. The Morgan fingerprint density at radius 3 is 2.91 bits per heavy atom. The van der Waals surface area contributed by atoms with Gasteiger partial charge in [-0.05, 0) is 23.6 Å². The standard InChI is InChI=1S/C14H7Cl2FN2O3S/c15-9-4-10(16)11(17)3-8(9)14(20)21-5-12-18-13(19-22-12)7-1-2-23-6-7/h1-4,6H,5H2. The molecule has 0 radical (unpaired) electrons. The molecule has 0 atom stereocenters. The second kappa shape index (κ2) is 6.66. The van der Waals surface area contributed by atoms with Crippen molar-refractivity contribution in [3.05, 3.63) is 56.3 Å². The van der Waals surface area contributed by atoms with E-state index in [1.54, 1.807) is 0 Å². The highest BCUT2D eigenvalue weighted by Gasteiger charge is 2.17. The number of benzene rings is 1. The molecule has 5 nitrogen and oxygen atoms in total. The third-order valence-corrected chi connectivity index (χ3v) is 4.09. The summed E-state index contributed by atoms with van der Waals surface area (Å²) >= 11 is 12.9. The molecule has 118 valence electrons. The Balaban J connectivity index is 1.69. The summed E-state index contributed by atoms with van der Waals surface area (Å²) in [5.74, 6) is -1.07. The van der Waals surface area contributed by atoms with Crippen LogP contribution in [0.4, 0.5) is 4.39 Å². The maximum atomic E-state index is 13.4. The van der Waals surface area contributed by atoms with Crippen molar-refractivity contribution in [2.24, 2.45) is 0 Å². The summed E-state index contributed by atoms with van der Waals surface area (Å²) in [5, 5.41) is 7.33. The van der Waals surface area contributed by atoms with Gasteiger partial charge in [0.1, 0.15) is 5.82 Å². The topological polar surface area (TPSA) is 65.2 Å². The number of rotatable bonds is 4. The number of hydrogen-bond acceptors (Lipinski definition) is 6. The fraction of sp³-hybridized carbons (Fsp3) is 0.0714. The predicted octanol–water partition coefficient (Wildman–Crippen LogP) is 4.60. The van der Waals surface area contributed by atoms with Crippen molar-refractivity contribution in [3.63, 3.8) is 0 Å². The van der Waals surface area contributed by atoms with Crippen molar-refractivity contribution in [2.75, 3.05) is 0 Å². The highest BCUT2D eigenvalue weighted by atomic mass is 35.5. The number of thiophene rings is 1. The van der Waals surface area contributed by atoms with E-state index in [-0.39, 0.29) is 28.1 Å². The van der Waals surface area contributed by atoms with E-state index in [9.17, 15) is 9.18 Å². The molecule has 2 heterocycles. The van der Waals surface area contributed by atoms with Crippen LogP contribution in [-0.4, -0.2) is 16.1 Å². The van der Waals surface area contributed by atoms with Crippen LogP contribution in [0.15, 0.2) is 33.5 Å². The molecular weight excluding hydrogens is 366 g/mol.